The minimum Gasteiger partial charge on any atom is -0.461 e. The van der Waals surface area contributed by atoms with Crippen molar-refractivity contribution in [2.45, 2.75) is 25.0 Å². The molecule has 0 spiro atoms. The number of halogens is 1. The lowest BCUT2D eigenvalue weighted by atomic mass is 10.1. The third-order valence-electron chi connectivity index (χ3n) is 3.73. The van der Waals surface area contributed by atoms with Gasteiger partial charge in [-0.3, -0.25) is 25.0 Å². The lowest BCUT2D eigenvalue weighted by Crippen LogP contribution is -2.43. The summed E-state index contributed by atoms with van der Waals surface area (Å²) in [5.41, 5.74) is 5.59. The molecule has 0 saturated heterocycles. The molecule has 0 bridgehead atoms. The molecule has 146 valence electrons. The molecule has 28 heavy (non-hydrogen) atoms. The first-order chi connectivity index (χ1) is 13.6. The quantitative estimate of drug-likeness (QED) is 0.451. The Labute approximate surface area is 170 Å². The molecular formula is C18H18ClN5O3S. The highest BCUT2D eigenvalue weighted by Gasteiger charge is 2.16. The molecule has 0 aliphatic rings. The van der Waals surface area contributed by atoms with E-state index in [1.54, 1.807) is 42.7 Å². The largest absolute Gasteiger partial charge is 0.461 e. The van der Waals surface area contributed by atoms with Crippen LogP contribution in [-0.4, -0.2) is 32.3 Å². The molecule has 3 rings (SSSR count). The Balaban J connectivity index is 1.48. The number of rotatable bonds is 7. The Morgan fingerprint density at radius 1 is 1.14 bits per heavy atom. The van der Waals surface area contributed by atoms with E-state index in [1.165, 1.54) is 11.8 Å². The van der Waals surface area contributed by atoms with Crippen LogP contribution in [0, 0.1) is 0 Å². The first-order valence-electron chi connectivity index (χ1n) is 8.48. The fourth-order valence-electron chi connectivity index (χ4n) is 2.41. The van der Waals surface area contributed by atoms with E-state index < -0.39 is 0 Å². The number of carbonyl (C=O) groups excluding carboxylic acids is 2. The number of benzene rings is 1. The van der Waals surface area contributed by atoms with Crippen molar-refractivity contribution in [1.29, 1.82) is 0 Å². The number of thioether (sulfide) groups is 1. The number of nitrogens with zero attached hydrogens (tertiary/aromatic N) is 3. The minimum atomic E-state index is -0.348. The second-order valence-corrected chi connectivity index (χ2v) is 7.09. The van der Waals surface area contributed by atoms with Crippen molar-refractivity contribution in [2.24, 2.45) is 0 Å². The highest BCUT2D eigenvalue weighted by molar-refractivity contribution is 7.99. The van der Waals surface area contributed by atoms with Gasteiger partial charge in [0.2, 0.25) is 11.8 Å². The summed E-state index contributed by atoms with van der Waals surface area (Å²) in [6.45, 7) is 2.59. The molecule has 0 atom stereocenters. The van der Waals surface area contributed by atoms with Crippen molar-refractivity contribution in [3.8, 4) is 11.6 Å². The van der Waals surface area contributed by atoms with Gasteiger partial charge in [0.1, 0.15) is 0 Å². The third kappa shape index (κ3) is 5.14. The summed E-state index contributed by atoms with van der Waals surface area (Å²) in [7, 11) is 0. The highest BCUT2D eigenvalue weighted by atomic mass is 35.5. The predicted octanol–water partition coefficient (Wildman–Crippen LogP) is 2.69. The number of aromatic nitrogens is 3. The van der Waals surface area contributed by atoms with Crippen LogP contribution in [0.5, 0.6) is 0 Å². The van der Waals surface area contributed by atoms with Gasteiger partial charge in [-0.25, -0.2) is 0 Å². The van der Waals surface area contributed by atoms with Crippen LogP contribution in [0.2, 0.25) is 5.02 Å². The smallest absolute Gasteiger partial charge is 0.248 e. The summed E-state index contributed by atoms with van der Waals surface area (Å²) < 4.78 is 7.21. The first kappa shape index (κ1) is 20.0. The molecular weight excluding hydrogens is 402 g/mol. The van der Waals surface area contributed by atoms with Crippen molar-refractivity contribution in [2.75, 3.05) is 5.75 Å². The second-order valence-electron chi connectivity index (χ2n) is 5.72. The van der Waals surface area contributed by atoms with Crippen molar-refractivity contribution >= 4 is 35.2 Å². The number of nitrogens with one attached hydrogen (secondary N) is 2. The van der Waals surface area contributed by atoms with Crippen LogP contribution < -0.4 is 10.9 Å². The van der Waals surface area contributed by atoms with Gasteiger partial charge >= 0.3 is 0 Å². The van der Waals surface area contributed by atoms with Crippen molar-refractivity contribution in [1.82, 2.24) is 25.6 Å². The first-order valence-corrected chi connectivity index (χ1v) is 9.85. The SMILES string of the molecule is CCn1c(SCC(=O)NNC(=O)Cc2ccc(Cl)cc2)nnc1-c1ccco1. The average Bonchev–Trinajstić information content (AvgIpc) is 3.35. The van der Waals surface area contributed by atoms with Gasteiger partial charge in [0.25, 0.3) is 0 Å². The second kappa shape index (κ2) is 9.43. The lowest BCUT2D eigenvalue weighted by Gasteiger charge is -2.08. The number of carbonyl (C=O) groups is 2. The van der Waals surface area contributed by atoms with Crippen LogP contribution in [-0.2, 0) is 22.6 Å². The van der Waals surface area contributed by atoms with Crippen molar-refractivity contribution in [3.05, 3.63) is 53.2 Å². The van der Waals surface area contributed by atoms with Crippen LogP contribution in [0.15, 0.2) is 52.2 Å². The zero-order valence-electron chi connectivity index (χ0n) is 15.0. The standard InChI is InChI=1S/C18H18ClN5O3S/c1-2-24-17(14-4-3-9-27-14)22-23-18(24)28-11-16(26)21-20-15(25)10-12-5-7-13(19)8-6-12/h3-9H,2,10-11H2,1H3,(H,20,25)(H,21,26). The Bertz CT molecular complexity index is 941. The lowest BCUT2D eigenvalue weighted by molar-refractivity contribution is -0.127. The van der Waals surface area contributed by atoms with Crippen molar-refractivity contribution < 1.29 is 14.0 Å². The monoisotopic (exact) mass is 419 g/mol. The van der Waals surface area contributed by atoms with E-state index in [4.69, 9.17) is 16.0 Å². The Kier molecular flexibility index (Phi) is 6.72. The van der Waals surface area contributed by atoms with Crippen molar-refractivity contribution in [3.63, 3.8) is 0 Å². The van der Waals surface area contributed by atoms with Gasteiger partial charge in [0.05, 0.1) is 18.4 Å². The number of hydrazine groups is 1. The molecule has 2 heterocycles. The summed E-state index contributed by atoms with van der Waals surface area (Å²) in [6, 6.07) is 10.5. The molecule has 0 radical (unpaired) electrons. The van der Waals surface area contributed by atoms with E-state index in [9.17, 15) is 9.59 Å². The van der Waals surface area contributed by atoms with Gasteiger partial charge in [-0.2, -0.15) is 0 Å². The summed E-state index contributed by atoms with van der Waals surface area (Å²) in [4.78, 5) is 23.9. The fourth-order valence-corrected chi connectivity index (χ4v) is 3.33. The van der Waals surface area contributed by atoms with Gasteiger partial charge < -0.3 is 4.42 Å². The van der Waals surface area contributed by atoms with Crippen LogP contribution in [0.25, 0.3) is 11.6 Å². The van der Waals surface area contributed by atoms with E-state index >= 15 is 0 Å². The molecule has 0 saturated carbocycles. The molecule has 1 aromatic carbocycles. The molecule has 0 unspecified atom stereocenters. The fraction of sp³-hybridized carbons (Fsp3) is 0.222. The molecule has 0 aliphatic heterocycles. The van der Waals surface area contributed by atoms with Crippen LogP contribution in [0.1, 0.15) is 12.5 Å². The van der Waals surface area contributed by atoms with Crippen LogP contribution in [0.3, 0.4) is 0 Å². The number of hydrogen-bond acceptors (Lipinski definition) is 6. The summed E-state index contributed by atoms with van der Waals surface area (Å²) in [6.07, 6.45) is 1.71. The zero-order valence-corrected chi connectivity index (χ0v) is 16.6. The zero-order chi connectivity index (χ0) is 19.9. The molecule has 8 nitrogen and oxygen atoms in total. The maximum atomic E-state index is 12.0. The molecule has 0 aliphatic carbocycles. The summed E-state index contributed by atoms with van der Waals surface area (Å²) >= 11 is 7.04. The van der Waals surface area contributed by atoms with Crippen LogP contribution in [0.4, 0.5) is 0 Å². The third-order valence-corrected chi connectivity index (χ3v) is 4.95. The molecule has 2 N–H and O–H groups in total. The number of furan rings is 1. The minimum absolute atomic E-state index is 0.0809. The Morgan fingerprint density at radius 2 is 1.89 bits per heavy atom. The number of amides is 2. The Morgan fingerprint density at radius 3 is 2.57 bits per heavy atom. The van der Waals surface area contributed by atoms with Gasteiger partial charge in [-0.15, -0.1) is 10.2 Å². The van der Waals surface area contributed by atoms with Gasteiger partial charge in [-0.05, 0) is 36.8 Å². The topological polar surface area (TPSA) is 102 Å². The van der Waals surface area contributed by atoms with Gasteiger partial charge in [-0.1, -0.05) is 35.5 Å². The van der Waals surface area contributed by atoms with Crippen LogP contribution >= 0.6 is 23.4 Å². The normalized spacial score (nSPS) is 10.6. The molecule has 3 aromatic rings. The molecule has 2 aromatic heterocycles. The summed E-state index contributed by atoms with van der Waals surface area (Å²) in [5.74, 6) is 0.626. The van der Waals surface area contributed by atoms with Gasteiger partial charge in [0.15, 0.2) is 16.7 Å². The maximum Gasteiger partial charge on any atom is 0.248 e. The van der Waals surface area contributed by atoms with E-state index in [0.717, 1.165) is 5.56 Å². The maximum absolute atomic E-state index is 12.0. The van der Waals surface area contributed by atoms with E-state index in [0.29, 0.717) is 28.3 Å². The van der Waals surface area contributed by atoms with E-state index in [1.807, 2.05) is 11.5 Å². The Hall–Kier alpha value is -2.78. The predicted molar refractivity (Wildman–Crippen MR) is 106 cm³/mol. The molecule has 10 heteroatoms. The number of hydrogen-bond donors (Lipinski definition) is 2. The van der Waals surface area contributed by atoms with E-state index in [-0.39, 0.29) is 24.0 Å². The summed E-state index contributed by atoms with van der Waals surface area (Å²) in [5, 5.41) is 9.43. The average molecular weight is 420 g/mol. The van der Waals surface area contributed by atoms with E-state index in [2.05, 4.69) is 21.0 Å². The highest BCUT2D eigenvalue weighted by Crippen LogP contribution is 2.23. The molecule has 0 fully saturated rings. The molecule has 2 amide bonds. The van der Waals surface area contributed by atoms with Gasteiger partial charge in [0, 0.05) is 11.6 Å².